The molecule has 0 atom stereocenters. The maximum atomic E-state index is 8.85. The molecule has 1 aromatic carbocycles. The van der Waals surface area contributed by atoms with E-state index in [0.29, 0.717) is 0 Å². The van der Waals surface area contributed by atoms with Crippen molar-refractivity contribution in [3.8, 4) is 6.07 Å². The van der Waals surface area contributed by atoms with Gasteiger partial charge in [-0.3, -0.25) is 14.8 Å². The molecule has 1 aliphatic rings. The van der Waals surface area contributed by atoms with Crippen molar-refractivity contribution < 1.29 is 0 Å². The highest BCUT2D eigenvalue weighted by molar-refractivity contribution is 5.31. The summed E-state index contributed by atoms with van der Waals surface area (Å²) < 4.78 is 0. The van der Waals surface area contributed by atoms with Crippen LogP contribution in [0.5, 0.6) is 0 Å². The molecule has 4 nitrogen and oxygen atoms in total. The summed E-state index contributed by atoms with van der Waals surface area (Å²) in [4.78, 5) is 9.35. The van der Waals surface area contributed by atoms with Crippen molar-refractivity contribution in [3.05, 3.63) is 65.0 Å². The molecule has 0 bridgehead atoms. The fourth-order valence-corrected chi connectivity index (χ4v) is 2.97. The summed E-state index contributed by atoms with van der Waals surface area (Å²) in [7, 11) is 0. The van der Waals surface area contributed by atoms with E-state index in [9.17, 15) is 0 Å². The van der Waals surface area contributed by atoms with Crippen LogP contribution in [0.15, 0.2) is 42.6 Å². The summed E-state index contributed by atoms with van der Waals surface area (Å²) in [6, 6.07) is 14.3. The molecule has 23 heavy (non-hydrogen) atoms. The van der Waals surface area contributed by atoms with Crippen LogP contribution in [0.25, 0.3) is 0 Å². The number of nitrogens with zero attached hydrogens (tertiary/aromatic N) is 4. The average Bonchev–Trinajstić information content (AvgIpc) is 2.59. The number of hydrogen-bond acceptors (Lipinski definition) is 4. The Bertz CT molecular complexity index is 679. The standard InChI is InChI=1S/C19H22N4/c1-16-19(3-2-8-21-16)15-23-11-9-22(10-12-23)14-18-6-4-17(13-20)5-7-18/h2-8H,9-12,14-15H2,1H3. The Morgan fingerprint density at radius 1 is 1.00 bits per heavy atom. The fourth-order valence-electron chi connectivity index (χ4n) is 2.97. The molecular formula is C19H22N4. The van der Waals surface area contributed by atoms with E-state index in [0.717, 1.165) is 50.5 Å². The fraction of sp³-hybridized carbons (Fsp3) is 0.368. The van der Waals surface area contributed by atoms with Crippen LogP contribution >= 0.6 is 0 Å². The minimum absolute atomic E-state index is 0.727. The van der Waals surface area contributed by atoms with E-state index in [-0.39, 0.29) is 0 Å². The molecule has 0 radical (unpaired) electrons. The van der Waals surface area contributed by atoms with Crippen molar-refractivity contribution in [1.29, 1.82) is 5.26 Å². The van der Waals surface area contributed by atoms with Crippen LogP contribution in [0, 0.1) is 18.3 Å². The average molecular weight is 306 g/mol. The Labute approximate surface area is 138 Å². The van der Waals surface area contributed by atoms with Gasteiger partial charge in [-0.1, -0.05) is 18.2 Å². The number of benzene rings is 1. The number of aromatic nitrogens is 1. The number of rotatable bonds is 4. The third-order valence-corrected chi connectivity index (χ3v) is 4.46. The van der Waals surface area contributed by atoms with Crippen LogP contribution in [-0.4, -0.2) is 41.0 Å². The molecule has 4 heteroatoms. The molecule has 2 aromatic rings. The van der Waals surface area contributed by atoms with Gasteiger partial charge in [0.15, 0.2) is 0 Å². The second kappa shape index (κ2) is 7.36. The maximum absolute atomic E-state index is 8.85. The van der Waals surface area contributed by atoms with Crippen LogP contribution in [0.4, 0.5) is 0 Å². The molecule has 0 N–H and O–H groups in total. The summed E-state index contributed by atoms with van der Waals surface area (Å²) >= 11 is 0. The van der Waals surface area contributed by atoms with Gasteiger partial charge in [-0.05, 0) is 36.2 Å². The SMILES string of the molecule is Cc1ncccc1CN1CCN(Cc2ccc(C#N)cc2)CC1. The van der Waals surface area contributed by atoms with Gasteiger partial charge in [0.2, 0.25) is 0 Å². The highest BCUT2D eigenvalue weighted by Crippen LogP contribution is 2.13. The molecule has 1 saturated heterocycles. The Morgan fingerprint density at radius 2 is 1.65 bits per heavy atom. The van der Waals surface area contributed by atoms with E-state index < -0.39 is 0 Å². The Hall–Kier alpha value is -2.22. The molecular weight excluding hydrogens is 284 g/mol. The van der Waals surface area contributed by atoms with Crippen LogP contribution < -0.4 is 0 Å². The van der Waals surface area contributed by atoms with Crippen LogP contribution in [0.3, 0.4) is 0 Å². The zero-order chi connectivity index (χ0) is 16.1. The van der Waals surface area contributed by atoms with Gasteiger partial charge >= 0.3 is 0 Å². The molecule has 3 rings (SSSR count). The summed E-state index contributed by atoms with van der Waals surface area (Å²) in [5.74, 6) is 0. The van der Waals surface area contributed by atoms with Crippen molar-refractivity contribution in [3.63, 3.8) is 0 Å². The summed E-state index contributed by atoms with van der Waals surface area (Å²) in [5.41, 5.74) is 4.46. The van der Waals surface area contributed by atoms with E-state index in [1.54, 1.807) is 0 Å². The summed E-state index contributed by atoms with van der Waals surface area (Å²) in [6.45, 7) is 8.38. The smallest absolute Gasteiger partial charge is 0.0991 e. The monoisotopic (exact) mass is 306 g/mol. The van der Waals surface area contributed by atoms with Crippen molar-refractivity contribution in [2.75, 3.05) is 26.2 Å². The second-order valence-electron chi connectivity index (χ2n) is 6.11. The predicted octanol–water partition coefficient (Wildman–Crippen LogP) is 2.58. The first kappa shape index (κ1) is 15.7. The molecule has 0 unspecified atom stereocenters. The van der Waals surface area contributed by atoms with E-state index in [1.807, 2.05) is 24.4 Å². The lowest BCUT2D eigenvalue weighted by atomic mass is 10.1. The minimum Gasteiger partial charge on any atom is -0.297 e. The van der Waals surface area contributed by atoms with E-state index in [2.05, 4.69) is 46.0 Å². The summed E-state index contributed by atoms with van der Waals surface area (Å²) in [6.07, 6.45) is 1.86. The van der Waals surface area contributed by atoms with E-state index in [1.165, 1.54) is 11.1 Å². The van der Waals surface area contributed by atoms with Crippen LogP contribution in [0.1, 0.15) is 22.4 Å². The van der Waals surface area contributed by atoms with Crippen LogP contribution in [-0.2, 0) is 13.1 Å². The quantitative estimate of drug-likeness (QED) is 0.871. The molecule has 0 amide bonds. The highest BCUT2D eigenvalue weighted by Gasteiger charge is 2.17. The third kappa shape index (κ3) is 4.16. The number of pyridine rings is 1. The topological polar surface area (TPSA) is 43.2 Å². The largest absolute Gasteiger partial charge is 0.297 e. The van der Waals surface area contributed by atoms with Crippen molar-refractivity contribution >= 4 is 0 Å². The minimum atomic E-state index is 0.727. The molecule has 1 fully saturated rings. The first-order valence-corrected chi connectivity index (χ1v) is 8.09. The Kier molecular flexibility index (Phi) is 5.02. The van der Waals surface area contributed by atoms with Crippen molar-refractivity contribution in [1.82, 2.24) is 14.8 Å². The molecule has 2 heterocycles. The Balaban J connectivity index is 1.50. The van der Waals surface area contributed by atoms with Gasteiger partial charge < -0.3 is 0 Å². The Morgan fingerprint density at radius 3 is 2.26 bits per heavy atom. The van der Waals surface area contributed by atoms with Crippen molar-refractivity contribution in [2.24, 2.45) is 0 Å². The third-order valence-electron chi connectivity index (χ3n) is 4.46. The second-order valence-corrected chi connectivity index (χ2v) is 6.11. The van der Waals surface area contributed by atoms with Crippen LogP contribution in [0.2, 0.25) is 0 Å². The van der Waals surface area contributed by atoms with Gasteiger partial charge in [-0.15, -0.1) is 0 Å². The predicted molar refractivity (Wildman–Crippen MR) is 90.7 cm³/mol. The molecule has 0 aliphatic carbocycles. The first-order valence-electron chi connectivity index (χ1n) is 8.09. The van der Waals surface area contributed by atoms with Gasteiger partial charge in [0.05, 0.1) is 11.6 Å². The van der Waals surface area contributed by atoms with Gasteiger partial charge in [-0.2, -0.15) is 5.26 Å². The van der Waals surface area contributed by atoms with Crippen molar-refractivity contribution in [2.45, 2.75) is 20.0 Å². The lowest BCUT2D eigenvalue weighted by Crippen LogP contribution is -2.45. The molecule has 1 aliphatic heterocycles. The zero-order valence-electron chi connectivity index (χ0n) is 13.6. The number of piperazine rings is 1. The highest BCUT2D eigenvalue weighted by atomic mass is 15.3. The molecule has 1 aromatic heterocycles. The lowest BCUT2D eigenvalue weighted by molar-refractivity contribution is 0.122. The maximum Gasteiger partial charge on any atom is 0.0991 e. The number of nitriles is 1. The molecule has 0 saturated carbocycles. The van der Waals surface area contributed by atoms with E-state index >= 15 is 0 Å². The van der Waals surface area contributed by atoms with Gasteiger partial charge in [0.1, 0.15) is 0 Å². The summed E-state index contributed by atoms with van der Waals surface area (Å²) in [5, 5.41) is 8.85. The van der Waals surface area contributed by atoms with E-state index in [4.69, 9.17) is 5.26 Å². The van der Waals surface area contributed by atoms with Gasteiger partial charge in [-0.25, -0.2) is 0 Å². The first-order chi connectivity index (χ1) is 11.2. The normalized spacial score (nSPS) is 16.2. The van der Waals surface area contributed by atoms with Gasteiger partial charge in [0, 0.05) is 51.2 Å². The molecule has 0 spiro atoms. The zero-order valence-corrected chi connectivity index (χ0v) is 13.6. The van der Waals surface area contributed by atoms with Gasteiger partial charge in [0.25, 0.3) is 0 Å². The lowest BCUT2D eigenvalue weighted by Gasteiger charge is -2.34. The number of hydrogen-bond donors (Lipinski definition) is 0. The number of aryl methyl sites for hydroxylation is 1. The molecule has 118 valence electrons.